The average Bonchev–Trinajstić information content (AvgIpc) is 3.22. The van der Waals surface area contributed by atoms with Gasteiger partial charge in [0.15, 0.2) is 0 Å². The molecule has 6 nitrogen and oxygen atoms in total. The number of ether oxygens (including phenoxy) is 3. The van der Waals surface area contributed by atoms with Gasteiger partial charge in [0.25, 0.3) is 0 Å². The Balaban J connectivity index is 1.86. The zero-order chi connectivity index (χ0) is 22.9. The molecular formula is C25H25NO5S. The quantitative estimate of drug-likeness (QED) is 0.336. The molecule has 1 aromatic heterocycles. The van der Waals surface area contributed by atoms with E-state index >= 15 is 0 Å². The average molecular weight is 452 g/mol. The van der Waals surface area contributed by atoms with Crippen molar-refractivity contribution in [3.05, 3.63) is 71.1 Å². The molecule has 0 spiro atoms. The molecule has 1 N–H and O–H groups in total. The van der Waals surface area contributed by atoms with Crippen molar-refractivity contribution in [3.8, 4) is 22.6 Å². The van der Waals surface area contributed by atoms with Crippen LogP contribution in [-0.4, -0.2) is 32.2 Å². The fourth-order valence-corrected chi connectivity index (χ4v) is 4.05. The van der Waals surface area contributed by atoms with E-state index in [-0.39, 0.29) is 12.5 Å². The summed E-state index contributed by atoms with van der Waals surface area (Å²) in [5.74, 6) is 0.569. The van der Waals surface area contributed by atoms with Crippen LogP contribution in [0.4, 0.5) is 5.00 Å². The van der Waals surface area contributed by atoms with Gasteiger partial charge in [-0.1, -0.05) is 30.3 Å². The van der Waals surface area contributed by atoms with E-state index in [0.29, 0.717) is 28.5 Å². The number of anilines is 1. The first-order valence-corrected chi connectivity index (χ1v) is 11.1. The number of para-hydroxylation sites is 1. The van der Waals surface area contributed by atoms with Crippen LogP contribution in [0.1, 0.15) is 29.8 Å². The van der Waals surface area contributed by atoms with E-state index in [1.54, 1.807) is 20.1 Å². The van der Waals surface area contributed by atoms with Gasteiger partial charge in [0.05, 0.1) is 20.3 Å². The van der Waals surface area contributed by atoms with Crippen molar-refractivity contribution in [2.75, 3.05) is 25.6 Å². The molecule has 1 heterocycles. The number of hydrogen-bond acceptors (Lipinski definition) is 6. The number of amides is 1. The lowest BCUT2D eigenvalue weighted by molar-refractivity contribution is -0.111. The van der Waals surface area contributed by atoms with Crippen LogP contribution in [0.5, 0.6) is 11.5 Å². The van der Waals surface area contributed by atoms with E-state index in [0.717, 1.165) is 16.9 Å². The highest BCUT2D eigenvalue weighted by Crippen LogP contribution is 2.37. The molecule has 0 atom stereocenters. The largest absolute Gasteiger partial charge is 0.496 e. The van der Waals surface area contributed by atoms with E-state index in [2.05, 4.69) is 5.32 Å². The van der Waals surface area contributed by atoms with Crippen LogP contribution in [-0.2, 0) is 9.53 Å². The topological polar surface area (TPSA) is 73.9 Å². The van der Waals surface area contributed by atoms with Gasteiger partial charge < -0.3 is 19.5 Å². The standard InChI is InChI=1S/C25H25NO5S/c1-4-30-19-13-10-17(11-14-19)20-16-32-24(23(20)25(28)31-5-2)26-22(27)15-12-18-8-6-7-9-21(18)29-3/h6-16H,4-5H2,1-3H3,(H,26,27). The lowest BCUT2D eigenvalue weighted by atomic mass is 10.0. The van der Waals surface area contributed by atoms with Gasteiger partial charge >= 0.3 is 5.97 Å². The van der Waals surface area contributed by atoms with Crippen molar-refractivity contribution in [2.24, 2.45) is 0 Å². The third-order valence-corrected chi connectivity index (χ3v) is 5.43. The highest BCUT2D eigenvalue weighted by Gasteiger charge is 2.22. The van der Waals surface area contributed by atoms with Crippen LogP contribution < -0.4 is 14.8 Å². The Morgan fingerprint density at radius 2 is 1.78 bits per heavy atom. The molecule has 0 radical (unpaired) electrons. The highest BCUT2D eigenvalue weighted by molar-refractivity contribution is 7.15. The van der Waals surface area contributed by atoms with Gasteiger partial charge in [-0.2, -0.15) is 0 Å². The summed E-state index contributed by atoms with van der Waals surface area (Å²) in [5, 5.41) is 5.07. The molecule has 1 amide bonds. The number of methoxy groups -OCH3 is 1. The Hall–Kier alpha value is -3.58. The maximum atomic E-state index is 12.7. The van der Waals surface area contributed by atoms with Gasteiger partial charge in [-0.15, -0.1) is 11.3 Å². The molecule has 3 aromatic rings. The molecule has 7 heteroatoms. The molecule has 0 aliphatic rings. The summed E-state index contributed by atoms with van der Waals surface area (Å²) in [6.45, 7) is 4.47. The fourth-order valence-electron chi connectivity index (χ4n) is 3.09. The fraction of sp³-hybridized carbons (Fsp3) is 0.200. The zero-order valence-electron chi connectivity index (χ0n) is 18.2. The smallest absolute Gasteiger partial charge is 0.341 e. The summed E-state index contributed by atoms with van der Waals surface area (Å²) in [7, 11) is 1.58. The summed E-state index contributed by atoms with van der Waals surface area (Å²) in [4.78, 5) is 25.3. The number of esters is 1. The molecule has 0 saturated heterocycles. The van der Waals surface area contributed by atoms with Crippen LogP contribution in [0.25, 0.3) is 17.2 Å². The van der Waals surface area contributed by atoms with E-state index in [1.165, 1.54) is 17.4 Å². The van der Waals surface area contributed by atoms with Crippen LogP contribution in [0.2, 0.25) is 0 Å². The Morgan fingerprint density at radius 3 is 2.47 bits per heavy atom. The molecule has 0 fully saturated rings. The SMILES string of the molecule is CCOC(=O)c1c(-c2ccc(OCC)cc2)csc1NC(=O)C=Cc1ccccc1OC. The molecule has 0 aliphatic carbocycles. The monoisotopic (exact) mass is 451 g/mol. The third kappa shape index (κ3) is 5.56. The summed E-state index contributed by atoms with van der Waals surface area (Å²) in [5.41, 5.74) is 2.63. The molecule has 2 aromatic carbocycles. The normalized spacial score (nSPS) is 10.7. The Morgan fingerprint density at radius 1 is 1.03 bits per heavy atom. The second-order valence-electron chi connectivity index (χ2n) is 6.60. The molecule has 166 valence electrons. The van der Waals surface area contributed by atoms with Crippen molar-refractivity contribution < 1.29 is 23.8 Å². The van der Waals surface area contributed by atoms with Crippen molar-refractivity contribution in [1.29, 1.82) is 0 Å². The van der Waals surface area contributed by atoms with Crippen molar-refractivity contribution >= 4 is 34.3 Å². The molecule has 0 unspecified atom stereocenters. The maximum absolute atomic E-state index is 12.7. The van der Waals surface area contributed by atoms with E-state index in [9.17, 15) is 9.59 Å². The van der Waals surface area contributed by atoms with Crippen LogP contribution in [0, 0.1) is 0 Å². The van der Waals surface area contributed by atoms with Crippen molar-refractivity contribution in [1.82, 2.24) is 0 Å². The predicted octanol–water partition coefficient (Wildman–Crippen LogP) is 5.65. The number of carbonyl (C=O) groups is 2. The van der Waals surface area contributed by atoms with Gasteiger partial charge in [-0.25, -0.2) is 4.79 Å². The Bertz CT molecular complexity index is 1100. The molecular weight excluding hydrogens is 426 g/mol. The van der Waals surface area contributed by atoms with Gasteiger partial charge in [0, 0.05) is 22.6 Å². The lowest BCUT2D eigenvalue weighted by Crippen LogP contribution is -2.12. The third-order valence-electron chi connectivity index (χ3n) is 4.54. The van der Waals surface area contributed by atoms with Crippen LogP contribution in [0.15, 0.2) is 60.0 Å². The minimum Gasteiger partial charge on any atom is -0.496 e. The van der Waals surface area contributed by atoms with E-state index < -0.39 is 5.97 Å². The number of hydrogen-bond donors (Lipinski definition) is 1. The lowest BCUT2D eigenvalue weighted by Gasteiger charge is -2.09. The Labute approximate surface area is 191 Å². The number of carbonyl (C=O) groups excluding carboxylic acids is 2. The number of rotatable bonds is 9. The molecule has 3 rings (SSSR count). The predicted molar refractivity (Wildman–Crippen MR) is 128 cm³/mol. The number of thiophene rings is 1. The molecule has 32 heavy (non-hydrogen) atoms. The summed E-state index contributed by atoms with van der Waals surface area (Å²) < 4.78 is 16.0. The number of benzene rings is 2. The van der Waals surface area contributed by atoms with E-state index in [4.69, 9.17) is 14.2 Å². The van der Waals surface area contributed by atoms with Gasteiger partial charge in [0.1, 0.15) is 22.1 Å². The van der Waals surface area contributed by atoms with Crippen molar-refractivity contribution in [3.63, 3.8) is 0 Å². The summed E-state index contributed by atoms with van der Waals surface area (Å²) in [6.07, 6.45) is 3.07. The molecule has 0 bridgehead atoms. The maximum Gasteiger partial charge on any atom is 0.341 e. The minimum atomic E-state index is -0.485. The first kappa shape index (κ1) is 23.1. The van der Waals surface area contributed by atoms with Crippen molar-refractivity contribution in [2.45, 2.75) is 13.8 Å². The number of nitrogens with one attached hydrogen (secondary N) is 1. The zero-order valence-corrected chi connectivity index (χ0v) is 19.0. The minimum absolute atomic E-state index is 0.235. The first-order valence-electron chi connectivity index (χ1n) is 10.2. The highest BCUT2D eigenvalue weighted by atomic mass is 32.1. The van der Waals surface area contributed by atoms with Gasteiger partial charge in [0.2, 0.25) is 5.91 Å². The van der Waals surface area contributed by atoms with E-state index in [1.807, 2.05) is 60.8 Å². The van der Waals surface area contributed by atoms with Crippen LogP contribution >= 0.6 is 11.3 Å². The first-order chi connectivity index (χ1) is 15.6. The second-order valence-corrected chi connectivity index (χ2v) is 7.48. The van der Waals surface area contributed by atoms with Crippen LogP contribution in [0.3, 0.4) is 0 Å². The molecule has 0 aliphatic heterocycles. The van der Waals surface area contributed by atoms with Gasteiger partial charge in [-0.05, 0) is 43.7 Å². The Kier molecular flexibility index (Phi) is 8.05. The molecule has 0 saturated carbocycles. The van der Waals surface area contributed by atoms with Gasteiger partial charge in [-0.3, -0.25) is 4.79 Å². The summed E-state index contributed by atoms with van der Waals surface area (Å²) in [6, 6.07) is 14.8. The summed E-state index contributed by atoms with van der Waals surface area (Å²) >= 11 is 1.27. The second kappa shape index (κ2) is 11.2.